The van der Waals surface area contributed by atoms with Crippen molar-refractivity contribution < 1.29 is 0 Å². The van der Waals surface area contributed by atoms with Gasteiger partial charge in [-0.2, -0.15) is 11.8 Å². The fourth-order valence-corrected chi connectivity index (χ4v) is 2.51. The molecule has 1 heteroatoms. The topological polar surface area (TPSA) is 0 Å². The van der Waals surface area contributed by atoms with Crippen LogP contribution in [-0.4, -0.2) is 11.5 Å². The lowest BCUT2D eigenvalue weighted by Gasteiger charge is -2.22. The molecule has 0 aliphatic carbocycles. The predicted octanol–water partition coefficient (Wildman–Crippen LogP) is 2.40. The molecule has 1 fully saturated rings. The van der Waals surface area contributed by atoms with Crippen molar-refractivity contribution in [3.63, 3.8) is 0 Å². The Balaban J connectivity index is 2.23. The highest BCUT2D eigenvalue weighted by molar-refractivity contribution is 7.99. The van der Waals surface area contributed by atoms with E-state index in [-0.39, 0.29) is 0 Å². The van der Waals surface area contributed by atoms with E-state index in [9.17, 15) is 0 Å². The normalized spacial score (nSPS) is 39.8. The molecule has 0 nitrogen and oxygen atoms in total. The van der Waals surface area contributed by atoms with Gasteiger partial charge < -0.3 is 0 Å². The molecule has 0 bridgehead atoms. The molecular formula is C7H14S. The first-order valence-electron chi connectivity index (χ1n) is 3.37. The van der Waals surface area contributed by atoms with E-state index in [1.54, 1.807) is 0 Å². The molecule has 0 aromatic heterocycles. The second kappa shape index (κ2) is 2.77. The fourth-order valence-electron chi connectivity index (χ4n) is 1.29. The third-order valence-corrected chi connectivity index (χ3v) is 3.22. The molecule has 0 aromatic carbocycles. The minimum Gasteiger partial charge on any atom is -0.161 e. The van der Waals surface area contributed by atoms with Crippen molar-refractivity contribution in [3.8, 4) is 0 Å². The Kier molecular flexibility index (Phi) is 2.24. The van der Waals surface area contributed by atoms with E-state index in [0.29, 0.717) is 0 Å². The SMILES string of the molecule is C[C@@H]1CSC[C@@H](C)C1. The zero-order chi connectivity index (χ0) is 5.98. The van der Waals surface area contributed by atoms with Crippen LogP contribution in [0.2, 0.25) is 0 Å². The highest BCUT2D eigenvalue weighted by atomic mass is 32.2. The second-order valence-corrected chi connectivity index (χ2v) is 4.06. The van der Waals surface area contributed by atoms with Crippen molar-refractivity contribution in [1.29, 1.82) is 0 Å². The van der Waals surface area contributed by atoms with E-state index in [1.165, 1.54) is 17.9 Å². The molecule has 1 saturated heterocycles. The summed E-state index contributed by atoms with van der Waals surface area (Å²) in [6.45, 7) is 4.70. The van der Waals surface area contributed by atoms with Crippen molar-refractivity contribution in [3.05, 3.63) is 0 Å². The van der Waals surface area contributed by atoms with Crippen LogP contribution in [0.1, 0.15) is 20.3 Å². The molecule has 0 amide bonds. The van der Waals surface area contributed by atoms with Gasteiger partial charge in [-0.3, -0.25) is 0 Å². The minimum absolute atomic E-state index is 0.976. The summed E-state index contributed by atoms with van der Waals surface area (Å²) in [6.07, 6.45) is 1.45. The summed E-state index contributed by atoms with van der Waals surface area (Å²) in [5.74, 6) is 4.74. The van der Waals surface area contributed by atoms with E-state index >= 15 is 0 Å². The average Bonchev–Trinajstić information content (AvgIpc) is 1.64. The average molecular weight is 130 g/mol. The lowest BCUT2D eigenvalue weighted by Crippen LogP contribution is -2.14. The van der Waals surface area contributed by atoms with Gasteiger partial charge in [0.05, 0.1) is 0 Å². The third-order valence-electron chi connectivity index (χ3n) is 1.61. The maximum atomic E-state index is 2.35. The van der Waals surface area contributed by atoms with E-state index in [2.05, 4.69) is 25.6 Å². The maximum Gasteiger partial charge on any atom is -0.00416 e. The van der Waals surface area contributed by atoms with Crippen LogP contribution >= 0.6 is 11.8 Å². The van der Waals surface area contributed by atoms with Crippen LogP contribution in [0.4, 0.5) is 0 Å². The molecule has 0 N–H and O–H groups in total. The molecule has 0 radical (unpaired) electrons. The summed E-state index contributed by atoms with van der Waals surface area (Å²) < 4.78 is 0. The zero-order valence-electron chi connectivity index (χ0n) is 5.68. The summed E-state index contributed by atoms with van der Waals surface area (Å²) >= 11 is 2.11. The van der Waals surface area contributed by atoms with E-state index < -0.39 is 0 Å². The molecule has 8 heavy (non-hydrogen) atoms. The van der Waals surface area contributed by atoms with Crippen LogP contribution in [-0.2, 0) is 0 Å². The van der Waals surface area contributed by atoms with Gasteiger partial charge in [0.2, 0.25) is 0 Å². The van der Waals surface area contributed by atoms with Crippen molar-refractivity contribution in [2.45, 2.75) is 20.3 Å². The highest BCUT2D eigenvalue weighted by Gasteiger charge is 2.14. The predicted molar refractivity (Wildman–Crippen MR) is 40.3 cm³/mol. The molecule has 2 atom stereocenters. The molecular weight excluding hydrogens is 116 g/mol. The van der Waals surface area contributed by atoms with Gasteiger partial charge in [-0.25, -0.2) is 0 Å². The Morgan fingerprint density at radius 1 is 1.12 bits per heavy atom. The quantitative estimate of drug-likeness (QED) is 0.485. The number of hydrogen-bond acceptors (Lipinski definition) is 1. The fraction of sp³-hybridized carbons (Fsp3) is 1.00. The molecule has 0 aromatic rings. The summed E-state index contributed by atoms with van der Waals surface area (Å²) in [6, 6.07) is 0. The molecule has 1 heterocycles. The molecule has 1 rings (SSSR count). The van der Waals surface area contributed by atoms with Crippen LogP contribution in [0.25, 0.3) is 0 Å². The number of hydrogen-bond donors (Lipinski definition) is 0. The van der Waals surface area contributed by atoms with E-state index in [1.807, 2.05) is 0 Å². The molecule has 1 aliphatic heterocycles. The van der Waals surface area contributed by atoms with Crippen molar-refractivity contribution in [2.75, 3.05) is 11.5 Å². The Labute approximate surface area is 56.0 Å². The minimum atomic E-state index is 0.976. The van der Waals surface area contributed by atoms with Gasteiger partial charge in [-0.1, -0.05) is 13.8 Å². The molecule has 0 saturated carbocycles. The smallest absolute Gasteiger partial charge is 0.00416 e. The van der Waals surface area contributed by atoms with Crippen molar-refractivity contribution in [2.24, 2.45) is 11.8 Å². The summed E-state index contributed by atoms with van der Waals surface area (Å²) in [4.78, 5) is 0. The van der Waals surface area contributed by atoms with Gasteiger partial charge in [0, 0.05) is 0 Å². The van der Waals surface area contributed by atoms with Crippen LogP contribution in [0, 0.1) is 11.8 Å². The third kappa shape index (κ3) is 1.70. The first-order valence-corrected chi connectivity index (χ1v) is 4.52. The lowest BCUT2D eigenvalue weighted by molar-refractivity contribution is 0.465. The summed E-state index contributed by atoms with van der Waals surface area (Å²) in [5.41, 5.74) is 0. The van der Waals surface area contributed by atoms with Crippen LogP contribution in [0.15, 0.2) is 0 Å². The molecule has 0 unspecified atom stereocenters. The number of rotatable bonds is 0. The Morgan fingerprint density at radius 2 is 1.62 bits per heavy atom. The highest BCUT2D eigenvalue weighted by Crippen LogP contribution is 2.26. The Bertz CT molecular complexity index is 62.8. The van der Waals surface area contributed by atoms with Gasteiger partial charge >= 0.3 is 0 Å². The molecule has 1 aliphatic rings. The van der Waals surface area contributed by atoms with Gasteiger partial charge in [0.1, 0.15) is 0 Å². The lowest BCUT2D eigenvalue weighted by atomic mass is 10.0. The second-order valence-electron chi connectivity index (χ2n) is 2.98. The van der Waals surface area contributed by atoms with Crippen LogP contribution in [0.3, 0.4) is 0 Å². The van der Waals surface area contributed by atoms with Gasteiger partial charge in [-0.15, -0.1) is 0 Å². The molecule has 0 spiro atoms. The first-order chi connectivity index (χ1) is 3.79. The maximum absolute atomic E-state index is 2.35. The van der Waals surface area contributed by atoms with E-state index in [4.69, 9.17) is 0 Å². The van der Waals surface area contributed by atoms with Gasteiger partial charge in [0.25, 0.3) is 0 Å². The summed E-state index contributed by atoms with van der Waals surface area (Å²) in [5, 5.41) is 0. The van der Waals surface area contributed by atoms with E-state index in [0.717, 1.165) is 11.8 Å². The van der Waals surface area contributed by atoms with Crippen LogP contribution in [0.5, 0.6) is 0 Å². The monoisotopic (exact) mass is 130 g/mol. The molecule has 48 valence electrons. The van der Waals surface area contributed by atoms with Gasteiger partial charge in [-0.05, 0) is 29.8 Å². The first kappa shape index (κ1) is 6.47. The largest absolute Gasteiger partial charge is 0.161 e. The number of thioether (sulfide) groups is 1. The van der Waals surface area contributed by atoms with Crippen LogP contribution < -0.4 is 0 Å². The van der Waals surface area contributed by atoms with Gasteiger partial charge in [0.15, 0.2) is 0 Å². The van der Waals surface area contributed by atoms with Crippen molar-refractivity contribution in [1.82, 2.24) is 0 Å². The Hall–Kier alpha value is 0.350. The zero-order valence-corrected chi connectivity index (χ0v) is 6.50. The van der Waals surface area contributed by atoms with Crippen molar-refractivity contribution >= 4 is 11.8 Å². The standard InChI is InChI=1S/C7H14S/c1-6-3-7(2)5-8-4-6/h6-7H,3-5H2,1-2H3/t6-,7-/m0/s1. The summed E-state index contributed by atoms with van der Waals surface area (Å²) in [7, 11) is 0. The Morgan fingerprint density at radius 3 is 1.88 bits per heavy atom.